The Balaban J connectivity index is 1.72. The van der Waals surface area contributed by atoms with Gasteiger partial charge in [0.15, 0.2) is 17.2 Å². The van der Waals surface area contributed by atoms with Gasteiger partial charge >= 0.3 is 0 Å². The first kappa shape index (κ1) is 22.1. The summed E-state index contributed by atoms with van der Waals surface area (Å²) in [5, 5.41) is 4.25. The highest BCUT2D eigenvalue weighted by atomic mass is 19.1. The maximum absolute atomic E-state index is 15.1. The van der Waals surface area contributed by atoms with E-state index in [2.05, 4.69) is 14.6 Å². The van der Waals surface area contributed by atoms with Crippen molar-refractivity contribution in [2.75, 3.05) is 14.2 Å². The molecule has 0 atom stereocenters. The minimum atomic E-state index is -0.536. The van der Waals surface area contributed by atoms with Gasteiger partial charge in [0.25, 0.3) is 0 Å². The molecule has 0 N–H and O–H groups in total. The van der Waals surface area contributed by atoms with Crippen molar-refractivity contribution in [1.82, 2.24) is 24.3 Å². The molecule has 3 heterocycles. The molecule has 1 fully saturated rings. The fraction of sp³-hybridized carbons (Fsp3) is 0.360. The van der Waals surface area contributed by atoms with Crippen LogP contribution in [0.15, 0.2) is 47.8 Å². The highest BCUT2D eigenvalue weighted by Crippen LogP contribution is 2.32. The molecule has 3 aromatic heterocycles. The van der Waals surface area contributed by atoms with E-state index in [-0.39, 0.29) is 11.4 Å². The second-order valence-corrected chi connectivity index (χ2v) is 8.59. The molecule has 4 aromatic rings. The van der Waals surface area contributed by atoms with Gasteiger partial charge in [-0.3, -0.25) is 9.67 Å². The number of benzene rings is 1. The molecule has 1 aromatic carbocycles. The SMILES string of the molecule is COc1cc(N=c2ccc3ncc(-c4cnn(C)c4)nc3n2CC2CCCC2)c(F)c(OC)c1. The lowest BCUT2D eigenvalue weighted by atomic mass is 10.1. The van der Waals surface area contributed by atoms with Crippen LogP contribution in [0, 0.1) is 11.7 Å². The van der Waals surface area contributed by atoms with Crippen LogP contribution in [-0.4, -0.2) is 38.5 Å². The summed E-state index contributed by atoms with van der Waals surface area (Å²) in [5.74, 6) is 0.530. The van der Waals surface area contributed by atoms with Gasteiger partial charge in [-0.2, -0.15) is 5.10 Å². The van der Waals surface area contributed by atoms with Crippen LogP contribution < -0.4 is 15.0 Å². The van der Waals surface area contributed by atoms with E-state index in [1.807, 2.05) is 25.4 Å². The van der Waals surface area contributed by atoms with Gasteiger partial charge in [-0.25, -0.2) is 14.4 Å². The van der Waals surface area contributed by atoms with Crippen molar-refractivity contribution in [3.8, 4) is 22.8 Å². The van der Waals surface area contributed by atoms with Crippen molar-refractivity contribution >= 4 is 16.9 Å². The zero-order valence-electron chi connectivity index (χ0n) is 19.5. The van der Waals surface area contributed by atoms with Crippen LogP contribution in [-0.2, 0) is 13.6 Å². The Morgan fingerprint density at radius 3 is 2.65 bits per heavy atom. The number of halogens is 1. The second-order valence-electron chi connectivity index (χ2n) is 8.59. The third-order valence-electron chi connectivity index (χ3n) is 6.30. The van der Waals surface area contributed by atoms with E-state index in [1.54, 1.807) is 23.1 Å². The minimum Gasteiger partial charge on any atom is -0.497 e. The number of nitrogens with zero attached hydrogens (tertiary/aromatic N) is 6. The number of hydrogen-bond donors (Lipinski definition) is 0. The second kappa shape index (κ2) is 9.24. The molecule has 1 aliphatic rings. The fourth-order valence-corrected chi connectivity index (χ4v) is 4.51. The Morgan fingerprint density at radius 1 is 1.12 bits per heavy atom. The molecular weight excluding hydrogens is 435 g/mol. The summed E-state index contributed by atoms with van der Waals surface area (Å²) in [4.78, 5) is 14.3. The van der Waals surface area contributed by atoms with Crippen molar-refractivity contribution in [3.63, 3.8) is 0 Å². The Kier molecular flexibility index (Phi) is 6.00. The predicted molar refractivity (Wildman–Crippen MR) is 126 cm³/mol. The molecule has 0 radical (unpaired) electrons. The van der Waals surface area contributed by atoms with Crippen LogP contribution in [0.1, 0.15) is 25.7 Å². The average Bonchev–Trinajstić information content (AvgIpc) is 3.53. The van der Waals surface area contributed by atoms with E-state index in [4.69, 9.17) is 19.5 Å². The summed E-state index contributed by atoms with van der Waals surface area (Å²) in [6, 6.07) is 6.81. The van der Waals surface area contributed by atoms with E-state index in [0.717, 1.165) is 36.2 Å². The summed E-state index contributed by atoms with van der Waals surface area (Å²) in [7, 11) is 4.82. The first-order chi connectivity index (χ1) is 16.6. The van der Waals surface area contributed by atoms with E-state index in [0.29, 0.717) is 22.8 Å². The summed E-state index contributed by atoms with van der Waals surface area (Å²) in [5.41, 5.74) is 3.83. The van der Waals surface area contributed by atoms with Gasteiger partial charge in [-0.05, 0) is 30.9 Å². The molecule has 0 unspecified atom stereocenters. The number of methoxy groups -OCH3 is 2. The van der Waals surface area contributed by atoms with Gasteiger partial charge in [0.1, 0.15) is 22.4 Å². The van der Waals surface area contributed by atoms with Crippen molar-refractivity contribution in [3.05, 3.63) is 54.2 Å². The Bertz CT molecular complexity index is 1400. The largest absolute Gasteiger partial charge is 0.497 e. The van der Waals surface area contributed by atoms with Crippen LogP contribution in [0.3, 0.4) is 0 Å². The molecule has 1 saturated carbocycles. The van der Waals surface area contributed by atoms with Crippen LogP contribution in [0.2, 0.25) is 0 Å². The lowest BCUT2D eigenvalue weighted by Crippen LogP contribution is -2.25. The molecule has 5 rings (SSSR count). The van der Waals surface area contributed by atoms with Gasteiger partial charge in [0, 0.05) is 37.5 Å². The van der Waals surface area contributed by atoms with Crippen LogP contribution in [0.25, 0.3) is 22.4 Å². The molecule has 0 amide bonds. The van der Waals surface area contributed by atoms with E-state index in [1.165, 1.54) is 33.1 Å². The summed E-state index contributed by atoms with van der Waals surface area (Å²) >= 11 is 0. The van der Waals surface area contributed by atoms with Crippen LogP contribution >= 0.6 is 0 Å². The number of hydrogen-bond acceptors (Lipinski definition) is 6. The molecular formula is C25H27FN6O2. The predicted octanol–water partition coefficient (Wildman–Crippen LogP) is 4.41. The lowest BCUT2D eigenvalue weighted by Gasteiger charge is -2.16. The molecule has 0 aliphatic heterocycles. The van der Waals surface area contributed by atoms with E-state index in [9.17, 15) is 0 Å². The molecule has 1 aliphatic carbocycles. The highest BCUT2D eigenvalue weighted by Gasteiger charge is 2.19. The maximum Gasteiger partial charge on any atom is 0.190 e. The van der Waals surface area contributed by atoms with Gasteiger partial charge in [0.2, 0.25) is 0 Å². The number of aromatic nitrogens is 5. The molecule has 34 heavy (non-hydrogen) atoms. The van der Waals surface area contributed by atoms with Gasteiger partial charge in [-0.15, -0.1) is 0 Å². The molecule has 9 heteroatoms. The maximum atomic E-state index is 15.1. The lowest BCUT2D eigenvalue weighted by molar-refractivity contribution is 0.374. The van der Waals surface area contributed by atoms with Crippen molar-refractivity contribution in [1.29, 1.82) is 0 Å². The standard InChI is InChI=1S/C25H27FN6O2/c1-31-15-17(12-28-31)21-13-27-19-8-9-23(32(25(19)30-21)14-16-6-4-5-7-16)29-20-10-18(33-2)11-22(34-3)24(20)26/h8-13,15-16H,4-7,14H2,1-3H3. The Labute approximate surface area is 196 Å². The summed E-state index contributed by atoms with van der Waals surface area (Å²) in [6.07, 6.45) is 10.2. The molecule has 176 valence electrons. The molecule has 0 bridgehead atoms. The zero-order valence-corrected chi connectivity index (χ0v) is 19.5. The normalized spacial score (nSPS) is 14.8. The van der Waals surface area contributed by atoms with Gasteiger partial charge in [-0.1, -0.05) is 12.8 Å². The number of fused-ring (bicyclic) bond motifs is 1. The number of aryl methyl sites for hydroxylation is 1. The highest BCUT2D eigenvalue weighted by molar-refractivity contribution is 5.73. The average molecular weight is 463 g/mol. The fourth-order valence-electron chi connectivity index (χ4n) is 4.51. The number of rotatable bonds is 6. The van der Waals surface area contributed by atoms with E-state index < -0.39 is 5.82 Å². The zero-order chi connectivity index (χ0) is 23.7. The van der Waals surface area contributed by atoms with Crippen LogP contribution in [0.4, 0.5) is 10.1 Å². The quantitative estimate of drug-likeness (QED) is 0.424. The van der Waals surface area contributed by atoms with Gasteiger partial charge in [0.05, 0.1) is 32.3 Å². The number of ether oxygens (including phenoxy) is 2. The third kappa shape index (κ3) is 4.25. The van der Waals surface area contributed by atoms with E-state index >= 15 is 4.39 Å². The van der Waals surface area contributed by atoms with Crippen molar-refractivity contribution in [2.45, 2.75) is 32.2 Å². The smallest absolute Gasteiger partial charge is 0.190 e. The summed E-state index contributed by atoms with van der Waals surface area (Å²) < 4.78 is 29.4. The first-order valence-corrected chi connectivity index (χ1v) is 11.4. The third-order valence-corrected chi connectivity index (χ3v) is 6.30. The van der Waals surface area contributed by atoms with Crippen molar-refractivity contribution < 1.29 is 13.9 Å². The number of pyridine rings is 1. The Hall–Kier alpha value is -3.75. The van der Waals surface area contributed by atoms with Crippen LogP contribution in [0.5, 0.6) is 11.5 Å². The minimum absolute atomic E-state index is 0.0832. The first-order valence-electron chi connectivity index (χ1n) is 11.4. The summed E-state index contributed by atoms with van der Waals surface area (Å²) in [6.45, 7) is 0.740. The van der Waals surface area contributed by atoms with Gasteiger partial charge < -0.3 is 14.0 Å². The topological polar surface area (TPSA) is 79.4 Å². The molecule has 0 spiro atoms. The Morgan fingerprint density at radius 2 is 1.94 bits per heavy atom. The van der Waals surface area contributed by atoms with Crippen molar-refractivity contribution in [2.24, 2.45) is 18.0 Å². The monoisotopic (exact) mass is 462 g/mol. The molecule has 0 saturated heterocycles. The molecule has 8 nitrogen and oxygen atoms in total.